The van der Waals surface area contributed by atoms with Crippen molar-refractivity contribution in [3.05, 3.63) is 122 Å². The summed E-state index contributed by atoms with van der Waals surface area (Å²) in [4.78, 5) is 38.4. The number of esters is 3. The van der Waals surface area contributed by atoms with E-state index in [0.717, 1.165) is 148 Å². The van der Waals surface area contributed by atoms with E-state index in [-0.39, 0.29) is 31.1 Å². The van der Waals surface area contributed by atoms with Gasteiger partial charge in [-0.3, -0.25) is 14.4 Å². The summed E-state index contributed by atoms with van der Waals surface area (Å²) >= 11 is 0. The van der Waals surface area contributed by atoms with Crippen LogP contribution < -0.4 is 0 Å². The molecule has 0 N–H and O–H groups in total. The van der Waals surface area contributed by atoms with Crippen LogP contribution in [0.2, 0.25) is 0 Å². The van der Waals surface area contributed by atoms with Crippen LogP contribution in [-0.4, -0.2) is 37.2 Å². The molecule has 468 valence electrons. The quantitative estimate of drug-likeness (QED) is 0.0261. The molecule has 0 heterocycles. The zero-order chi connectivity index (χ0) is 59.2. The molecule has 0 aromatic rings. The van der Waals surface area contributed by atoms with Crippen LogP contribution in [0.1, 0.15) is 323 Å². The van der Waals surface area contributed by atoms with Gasteiger partial charge in [0, 0.05) is 19.3 Å². The first kappa shape index (κ1) is 77.8. The minimum Gasteiger partial charge on any atom is -0.462 e. The van der Waals surface area contributed by atoms with E-state index in [0.29, 0.717) is 19.3 Å². The van der Waals surface area contributed by atoms with Gasteiger partial charge in [-0.2, -0.15) is 0 Å². The van der Waals surface area contributed by atoms with Crippen LogP contribution in [0.5, 0.6) is 0 Å². The molecule has 0 saturated heterocycles. The number of carbonyl (C=O) groups is 3. The molecule has 0 aliphatic rings. The Labute approximate surface area is 507 Å². The molecule has 0 aliphatic heterocycles. The lowest BCUT2D eigenvalue weighted by atomic mass is 10.0. The van der Waals surface area contributed by atoms with Crippen molar-refractivity contribution in [1.82, 2.24) is 0 Å². The summed E-state index contributed by atoms with van der Waals surface area (Å²) in [5.41, 5.74) is 0. The Balaban J connectivity index is 4.39. The molecule has 0 spiro atoms. The van der Waals surface area contributed by atoms with Gasteiger partial charge in [0.15, 0.2) is 6.10 Å². The molecule has 82 heavy (non-hydrogen) atoms. The molecule has 1 unspecified atom stereocenters. The number of allylic oxidation sites excluding steroid dienone is 20. The Morgan fingerprint density at radius 1 is 0.256 bits per heavy atom. The molecule has 0 bridgehead atoms. The number of unbranched alkanes of at least 4 members (excludes halogenated alkanes) is 31. The highest BCUT2D eigenvalue weighted by Gasteiger charge is 2.19. The van der Waals surface area contributed by atoms with Crippen LogP contribution in [0.3, 0.4) is 0 Å². The number of hydrogen-bond donors (Lipinski definition) is 0. The first-order chi connectivity index (χ1) is 40.5. The summed E-state index contributed by atoms with van der Waals surface area (Å²) in [7, 11) is 0. The van der Waals surface area contributed by atoms with Crippen molar-refractivity contribution in [1.29, 1.82) is 0 Å². The Kier molecular flexibility index (Phi) is 65.8. The van der Waals surface area contributed by atoms with Gasteiger partial charge in [-0.1, -0.05) is 290 Å². The molecular weight excluding hydrogens is 1010 g/mol. The summed E-state index contributed by atoms with van der Waals surface area (Å²) in [6, 6.07) is 0. The fraction of sp³-hybridized carbons (Fsp3) is 0.697. The fourth-order valence-corrected chi connectivity index (χ4v) is 9.51. The maximum Gasteiger partial charge on any atom is 0.306 e. The van der Waals surface area contributed by atoms with Gasteiger partial charge in [0.2, 0.25) is 0 Å². The van der Waals surface area contributed by atoms with E-state index < -0.39 is 6.10 Å². The highest BCUT2D eigenvalue weighted by atomic mass is 16.6. The van der Waals surface area contributed by atoms with Crippen LogP contribution in [0.25, 0.3) is 0 Å². The van der Waals surface area contributed by atoms with E-state index in [1.165, 1.54) is 135 Å². The zero-order valence-corrected chi connectivity index (χ0v) is 53.7. The minimum absolute atomic E-state index is 0.0931. The van der Waals surface area contributed by atoms with E-state index in [9.17, 15) is 14.4 Å². The van der Waals surface area contributed by atoms with E-state index >= 15 is 0 Å². The Morgan fingerprint density at radius 3 is 0.756 bits per heavy atom. The van der Waals surface area contributed by atoms with Crippen molar-refractivity contribution in [2.75, 3.05) is 13.2 Å². The van der Waals surface area contributed by atoms with Gasteiger partial charge in [0.25, 0.3) is 0 Å². The van der Waals surface area contributed by atoms with Crippen LogP contribution in [0.4, 0.5) is 0 Å². The Hall–Kier alpha value is -4.19. The molecule has 0 saturated carbocycles. The lowest BCUT2D eigenvalue weighted by Gasteiger charge is -2.18. The third kappa shape index (κ3) is 66.6. The van der Waals surface area contributed by atoms with Gasteiger partial charge in [0.1, 0.15) is 13.2 Å². The van der Waals surface area contributed by atoms with Gasteiger partial charge < -0.3 is 14.2 Å². The van der Waals surface area contributed by atoms with Crippen molar-refractivity contribution in [2.45, 2.75) is 329 Å². The Bertz CT molecular complexity index is 1690. The van der Waals surface area contributed by atoms with Gasteiger partial charge >= 0.3 is 17.9 Å². The molecule has 0 aromatic heterocycles. The van der Waals surface area contributed by atoms with Gasteiger partial charge in [0.05, 0.1) is 0 Å². The first-order valence-corrected chi connectivity index (χ1v) is 34.5. The van der Waals surface area contributed by atoms with Crippen molar-refractivity contribution in [3.63, 3.8) is 0 Å². The average molecular weight is 1140 g/mol. The number of rotatable bonds is 62. The molecule has 0 fully saturated rings. The zero-order valence-electron chi connectivity index (χ0n) is 53.7. The normalized spacial score (nSPS) is 12.9. The van der Waals surface area contributed by atoms with Crippen LogP contribution >= 0.6 is 0 Å². The topological polar surface area (TPSA) is 78.9 Å². The molecule has 1 atom stereocenters. The second-order valence-corrected chi connectivity index (χ2v) is 22.7. The summed E-state index contributed by atoms with van der Waals surface area (Å²) in [6.07, 6.45) is 96.4. The smallest absolute Gasteiger partial charge is 0.306 e. The molecule has 0 aliphatic carbocycles. The molecule has 0 radical (unpaired) electrons. The molecule has 6 heteroatoms. The van der Waals surface area contributed by atoms with Crippen molar-refractivity contribution in [3.8, 4) is 0 Å². The molecule has 0 aromatic carbocycles. The molecular formula is C76H128O6. The monoisotopic (exact) mass is 1140 g/mol. The third-order valence-electron chi connectivity index (χ3n) is 14.7. The fourth-order valence-electron chi connectivity index (χ4n) is 9.51. The van der Waals surface area contributed by atoms with Crippen molar-refractivity contribution in [2.24, 2.45) is 0 Å². The molecule has 6 nitrogen and oxygen atoms in total. The molecule has 0 amide bonds. The summed E-state index contributed by atoms with van der Waals surface area (Å²) in [5, 5.41) is 0. The largest absolute Gasteiger partial charge is 0.462 e. The van der Waals surface area contributed by atoms with E-state index in [1.807, 2.05) is 0 Å². The lowest BCUT2D eigenvalue weighted by molar-refractivity contribution is -0.167. The van der Waals surface area contributed by atoms with Crippen LogP contribution in [0, 0.1) is 0 Å². The minimum atomic E-state index is -0.801. The highest BCUT2D eigenvalue weighted by Crippen LogP contribution is 2.16. The Morgan fingerprint density at radius 2 is 0.476 bits per heavy atom. The summed E-state index contributed by atoms with van der Waals surface area (Å²) < 4.78 is 17.0. The summed E-state index contributed by atoms with van der Waals surface area (Å²) in [5.74, 6) is -0.919. The second kappa shape index (κ2) is 69.3. The van der Waals surface area contributed by atoms with E-state index in [1.54, 1.807) is 0 Å². The van der Waals surface area contributed by atoms with Crippen molar-refractivity contribution >= 4 is 17.9 Å². The summed E-state index contributed by atoms with van der Waals surface area (Å²) in [6.45, 7) is 6.49. The van der Waals surface area contributed by atoms with E-state index in [2.05, 4.69) is 142 Å². The second-order valence-electron chi connectivity index (χ2n) is 22.7. The van der Waals surface area contributed by atoms with Gasteiger partial charge in [-0.05, 0) is 135 Å². The third-order valence-corrected chi connectivity index (χ3v) is 14.7. The van der Waals surface area contributed by atoms with E-state index in [4.69, 9.17) is 14.2 Å². The standard InChI is InChI=1S/C76H128O6/c1-4-7-10-13-16-19-22-25-28-31-33-35-36-37-38-39-40-42-43-45-48-51-54-57-60-63-66-69-75(78)81-72-73(71-80-74(77)68-65-62-59-56-53-50-47-30-27-24-21-18-15-12-9-6-3)82-76(79)70-67-64-61-58-55-52-49-46-44-41-34-32-29-26-23-20-17-14-11-8-5-2/h8,11,17,20-22,24-26,29-31,33-34,36-37,41,46-47,49,73H,4-7,9-10,12-16,18-19,23,27-28,32,35,38-40,42-45,48,50-72H2,1-3H3/b11-8-,20-17-,24-21-,25-22-,29-26-,33-31-,37-36-,41-34-,47-30-,49-46-. The van der Waals surface area contributed by atoms with Crippen LogP contribution in [0.15, 0.2) is 122 Å². The number of hydrogen-bond acceptors (Lipinski definition) is 6. The predicted octanol–water partition coefficient (Wildman–Crippen LogP) is 23.9. The number of carbonyl (C=O) groups excluding carboxylic acids is 3. The SMILES string of the molecule is CC/C=C\C/C=C\C/C=C\C/C=C\C/C=C\CCCCCCCC(=O)OC(COC(=O)CCCCCCC/C=C\C/C=C\CCCCCC)COC(=O)CCCCCCCCCCCCCC/C=C\C/C=C\C/C=C\CCCCCCC. The highest BCUT2D eigenvalue weighted by molar-refractivity contribution is 5.71. The van der Waals surface area contributed by atoms with Crippen LogP contribution in [-0.2, 0) is 28.6 Å². The maximum atomic E-state index is 12.9. The molecule has 0 rings (SSSR count). The van der Waals surface area contributed by atoms with Crippen molar-refractivity contribution < 1.29 is 28.6 Å². The predicted molar refractivity (Wildman–Crippen MR) is 357 cm³/mol. The lowest BCUT2D eigenvalue weighted by Crippen LogP contribution is -2.30. The maximum absolute atomic E-state index is 12.9. The average Bonchev–Trinajstić information content (AvgIpc) is 3.48. The van der Waals surface area contributed by atoms with Gasteiger partial charge in [-0.15, -0.1) is 0 Å². The number of ether oxygens (including phenoxy) is 3. The van der Waals surface area contributed by atoms with Gasteiger partial charge in [-0.25, -0.2) is 0 Å². The first-order valence-electron chi connectivity index (χ1n) is 34.5.